The highest BCUT2D eigenvalue weighted by Crippen LogP contribution is 2.22. The summed E-state index contributed by atoms with van der Waals surface area (Å²) in [6.45, 7) is 3.99. The predicted octanol–water partition coefficient (Wildman–Crippen LogP) is 1.84. The molecular weight excluding hydrogens is 236 g/mol. The molecule has 4 nitrogen and oxygen atoms in total. The summed E-state index contributed by atoms with van der Waals surface area (Å²) < 4.78 is 26.6. The van der Waals surface area contributed by atoms with E-state index in [0.717, 1.165) is 10.9 Å². The van der Waals surface area contributed by atoms with E-state index >= 15 is 0 Å². The molecule has 1 heterocycles. The van der Waals surface area contributed by atoms with E-state index in [1.807, 2.05) is 19.1 Å². The van der Waals surface area contributed by atoms with Crippen LogP contribution >= 0.6 is 0 Å². The molecule has 5 heteroatoms. The maximum absolute atomic E-state index is 12.0. The summed E-state index contributed by atoms with van der Waals surface area (Å²) in [5.74, 6) is 0. The molecule has 1 N–H and O–H groups in total. The van der Waals surface area contributed by atoms with Crippen LogP contribution < -0.4 is 4.72 Å². The quantitative estimate of drug-likeness (QED) is 0.904. The molecular formula is C12H14N2O2S. The number of aryl methyl sites for hydroxylation is 1. The average molecular weight is 250 g/mol. The first-order valence-electron chi connectivity index (χ1n) is 5.39. The minimum absolute atomic E-state index is 0.245. The molecule has 1 aromatic carbocycles. The molecule has 0 fully saturated rings. The maximum Gasteiger partial charge on any atom is 0.242 e. The highest BCUT2D eigenvalue weighted by molar-refractivity contribution is 7.89. The Morgan fingerprint density at radius 2 is 2.12 bits per heavy atom. The van der Waals surface area contributed by atoms with Gasteiger partial charge in [0.25, 0.3) is 0 Å². The lowest BCUT2D eigenvalue weighted by Crippen LogP contribution is -2.23. The summed E-state index contributed by atoms with van der Waals surface area (Å²) in [5.41, 5.74) is 1.42. The molecule has 1 aromatic heterocycles. The van der Waals surface area contributed by atoms with E-state index < -0.39 is 10.0 Å². The molecule has 17 heavy (non-hydrogen) atoms. The Bertz CT molecular complexity index is 651. The number of sulfonamides is 1. The molecule has 0 radical (unpaired) electrons. The Kier molecular flexibility index (Phi) is 3.13. The highest BCUT2D eigenvalue weighted by Gasteiger charge is 2.17. The second kappa shape index (κ2) is 4.43. The fourth-order valence-electron chi connectivity index (χ4n) is 1.77. The van der Waals surface area contributed by atoms with E-state index in [2.05, 4.69) is 9.71 Å². The first kappa shape index (κ1) is 12.0. The minimum Gasteiger partial charge on any atom is -0.255 e. The molecule has 0 unspecified atom stereocenters. The molecule has 0 amide bonds. The summed E-state index contributed by atoms with van der Waals surface area (Å²) in [7, 11) is -3.47. The number of benzene rings is 1. The van der Waals surface area contributed by atoms with Gasteiger partial charge in [0.15, 0.2) is 0 Å². The summed E-state index contributed by atoms with van der Waals surface area (Å²) in [5, 5.41) is 0.837. The fraction of sp³-hybridized carbons (Fsp3) is 0.250. The summed E-state index contributed by atoms with van der Waals surface area (Å²) in [6.07, 6.45) is 1.60. The monoisotopic (exact) mass is 250 g/mol. The number of rotatable bonds is 3. The Morgan fingerprint density at radius 1 is 1.35 bits per heavy atom. The van der Waals surface area contributed by atoms with Gasteiger partial charge in [-0.1, -0.05) is 13.0 Å². The van der Waals surface area contributed by atoms with Crippen LogP contribution in [-0.2, 0) is 10.0 Å². The van der Waals surface area contributed by atoms with Gasteiger partial charge < -0.3 is 0 Å². The van der Waals surface area contributed by atoms with Crippen molar-refractivity contribution >= 4 is 20.9 Å². The molecule has 0 bridgehead atoms. The number of pyridine rings is 1. The minimum atomic E-state index is -3.47. The molecule has 0 spiro atoms. The van der Waals surface area contributed by atoms with Crippen LogP contribution in [0.3, 0.4) is 0 Å². The first-order chi connectivity index (χ1) is 8.04. The van der Waals surface area contributed by atoms with Crippen molar-refractivity contribution < 1.29 is 8.42 Å². The Morgan fingerprint density at radius 3 is 2.82 bits per heavy atom. The van der Waals surface area contributed by atoms with Crippen LogP contribution in [0.15, 0.2) is 35.4 Å². The van der Waals surface area contributed by atoms with Crippen LogP contribution in [0.1, 0.15) is 12.5 Å². The first-order valence-corrected chi connectivity index (χ1v) is 6.88. The molecule has 0 aliphatic heterocycles. The van der Waals surface area contributed by atoms with Gasteiger partial charge in [-0.05, 0) is 30.7 Å². The largest absolute Gasteiger partial charge is 0.255 e. The van der Waals surface area contributed by atoms with Crippen molar-refractivity contribution in [2.45, 2.75) is 18.7 Å². The van der Waals surface area contributed by atoms with Crippen molar-refractivity contribution in [3.63, 3.8) is 0 Å². The molecule has 90 valence electrons. The normalized spacial score (nSPS) is 11.9. The zero-order chi connectivity index (χ0) is 12.5. The van der Waals surface area contributed by atoms with Crippen LogP contribution in [-0.4, -0.2) is 19.9 Å². The van der Waals surface area contributed by atoms with E-state index in [1.165, 1.54) is 0 Å². The Balaban J connectivity index is 2.77. The van der Waals surface area contributed by atoms with Crippen molar-refractivity contribution in [1.82, 2.24) is 9.71 Å². The lowest BCUT2D eigenvalue weighted by molar-refractivity contribution is 0.584. The molecule has 0 aliphatic carbocycles. The molecule has 2 rings (SSSR count). The van der Waals surface area contributed by atoms with Gasteiger partial charge >= 0.3 is 0 Å². The summed E-state index contributed by atoms with van der Waals surface area (Å²) in [4.78, 5) is 4.40. The smallest absolute Gasteiger partial charge is 0.242 e. The van der Waals surface area contributed by atoms with Gasteiger partial charge in [-0.2, -0.15) is 0 Å². The van der Waals surface area contributed by atoms with Gasteiger partial charge in [-0.15, -0.1) is 0 Å². The summed E-state index contributed by atoms with van der Waals surface area (Å²) in [6, 6.07) is 7.23. The number of hydrogen-bond acceptors (Lipinski definition) is 3. The zero-order valence-corrected chi connectivity index (χ0v) is 10.6. The van der Waals surface area contributed by atoms with Crippen molar-refractivity contribution in [3.8, 4) is 0 Å². The van der Waals surface area contributed by atoms with Crippen LogP contribution in [0.5, 0.6) is 0 Å². The van der Waals surface area contributed by atoms with Crippen molar-refractivity contribution in [3.05, 3.63) is 36.0 Å². The zero-order valence-electron chi connectivity index (χ0n) is 9.77. The number of fused-ring (bicyclic) bond motifs is 1. The van der Waals surface area contributed by atoms with Gasteiger partial charge in [0, 0.05) is 18.1 Å². The summed E-state index contributed by atoms with van der Waals surface area (Å²) >= 11 is 0. The number of hydrogen-bond donors (Lipinski definition) is 1. The second-order valence-corrected chi connectivity index (χ2v) is 5.57. The molecule has 2 aromatic rings. The predicted molar refractivity (Wildman–Crippen MR) is 67.3 cm³/mol. The van der Waals surface area contributed by atoms with Gasteiger partial charge in [-0.25, -0.2) is 13.1 Å². The lowest BCUT2D eigenvalue weighted by Gasteiger charge is -2.08. The average Bonchev–Trinajstić information content (AvgIpc) is 2.27. The maximum atomic E-state index is 12.0. The third-order valence-electron chi connectivity index (χ3n) is 2.44. The van der Waals surface area contributed by atoms with Crippen LogP contribution in [0.25, 0.3) is 10.9 Å². The Labute approximate surface area is 101 Å². The fourth-order valence-corrected chi connectivity index (χ4v) is 3.08. The van der Waals surface area contributed by atoms with Crippen LogP contribution in [0.4, 0.5) is 0 Å². The third-order valence-corrected chi connectivity index (χ3v) is 4.00. The Hall–Kier alpha value is -1.46. The van der Waals surface area contributed by atoms with E-state index in [4.69, 9.17) is 0 Å². The molecule has 0 atom stereocenters. The molecule has 0 aliphatic rings. The van der Waals surface area contributed by atoms with E-state index in [0.29, 0.717) is 12.1 Å². The van der Waals surface area contributed by atoms with Crippen molar-refractivity contribution in [2.24, 2.45) is 0 Å². The molecule has 0 saturated heterocycles. The number of aromatic nitrogens is 1. The third kappa shape index (κ3) is 2.30. The number of nitrogens with one attached hydrogen (secondary N) is 1. The SMILES string of the molecule is CCNS(=O)(=O)c1cc(C)cc2cccnc12. The van der Waals surface area contributed by atoms with E-state index in [9.17, 15) is 8.42 Å². The molecule has 0 saturated carbocycles. The lowest BCUT2D eigenvalue weighted by atomic mass is 10.1. The highest BCUT2D eigenvalue weighted by atomic mass is 32.2. The second-order valence-electron chi connectivity index (χ2n) is 3.84. The van der Waals surface area contributed by atoms with Gasteiger partial charge in [0.1, 0.15) is 4.90 Å². The van der Waals surface area contributed by atoms with Gasteiger partial charge in [-0.3, -0.25) is 4.98 Å². The van der Waals surface area contributed by atoms with Crippen LogP contribution in [0.2, 0.25) is 0 Å². The van der Waals surface area contributed by atoms with Crippen molar-refractivity contribution in [1.29, 1.82) is 0 Å². The van der Waals surface area contributed by atoms with Crippen molar-refractivity contribution in [2.75, 3.05) is 6.54 Å². The van der Waals surface area contributed by atoms with E-state index in [1.54, 1.807) is 25.3 Å². The van der Waals surface area contributed by atoms with E-state index in [-0.39, 0.29) is 4.90 Å². The standard InChI is InChI=1S/C12H14N2O2S/c1-3-14-17(15,16)11-8-9(2)7-10-5-4-6-13-12(10)11/h4-8,14H,3H2,1-2H3. The van der Waals surface area contributed by atoms with Gasteiger partial charge in [0.2, 0.25) is 10.0 Å². The van der Waals surface area contributed by atoms with Crippen LogP contribution in [0, 0.1) is 6.92 Å². The number of nitrogens with zero attached hydrogens (tertiary/aromatic N) is 1. The van der Waals surface area contributed by atoms with Gasteiger partial charge in [0.05, 0.1) is 5.52 Å². The topological polar surface area (TPSA) is 59.1 Å².